The van der Waals surface area contributed by atoms with E-state index in [9.17, 15) is 14.4 Å². The molecule has 0 aliphatic carbocycles. The summed E-state index contributed by atoms with van der Waals surface area (Å²) in [5.41, 5.74) is 2.69. The SMILES string of the molecule is Cc1cc(C(=O)C(=O)N2CCN(C(=O)c3ccccc3)CC2C)ccc1-n1cccn1. The van der Waals surface area contributed by atoms with Gasteiger partial charge in [0, 0.05) is 49.2 Å². The van der Waals surface area contributed by atoms with Crippen molar-refractivity contribution in [3.05, 3.63) is 83.7 Å². The highest BCUT2D eigenvalue weighted by Crippen LogP contribution is 2.18. The van der Waals surface area contributed by atoms with Gasteiger partial charge in [-0.05, 0) is 55.8 Å². The van der Waals surface area contributed by atoms with E-state index in [4.69, 9.17) is 0 Å². The lowest BCUT2D eigenvalue weighted by Crippen LogP contribution is -2.56. The van der Waals surface area contributed by atoms with Gasteiger partial charge in [0.05, 0.1) is 5.69 Å². The Hall–Kier alpha value is -3.74. The molecule has 31 heavy (non-hydrogen) atoms. The number of hydrogen-bond donors (Lipinski definition) is 0. The topological polar surface area (TPSA) is 75.5 Å². The zero-order valence-electron chi connectivity index (χ0n) is 17.6. The number of aryl methyl sites for hydroxylation is 1. The number of rotatable bonds is 4. The largest absolute Gasteiger partial charge is 0.335 e. The monoisotopic (exact) mass is 416 g/mol. The molecule has 1 aromatic heterocycles. The molecule has 1 aliphatic heterocycles. The minimum atomic E-state index is -0.537. The first-order valence-electron chi connectivity index (χ1n) is 10.3. The lowest BCUT2D eigenvalue weighted by Gasteiger charge is -2.39. The van der Waals surface area contributed by atoms with Crippen LogP contribution < -0.4 is 0 Å². The summed E-state index contributed by atoms with van der Waals surface area (Å²) < 4.78 is 1.72. The molecule has 7 nitrogen and oxygen atoms in total. The maximum atomic E-state index is 12.9. The van der Waals surface area contributed by atoms with Crippen LogP contribution in [0.4, 0.5) is 0 Å². The normalized spacial score (nSPS) is 16.3. The fourth-order valence-electron chi connectivity index (χ4n) is 3.93. The molecule has 1 unspecified atom stereocenters. The molecular formula is C24H24N4O3. The lowest BCUT2D eigenvalue weighted by molar-refractivity contribution is -0.130. The van der Waals surface area contributed by atoms with E-state index in [1.165, 1.54) is 0 Å². The molecule has 2 heterocycles. The van der Waals surface area contributed by atoms with Crippen molar-refractivity contribution in [2.24, 2.45) is 0 Å². The summed E-state index contributed by atoms with van der Waals surface area (Å²) in [4.78, 5) is 41.8. The fraction of sp³-hybridized carbons (Fsp3) is 0.250. The van der Waals surface area contributed by atoms with E-state index in [0.717, 1.165) is 11.3 Å². The van der Waals surface area contributed by atoms with Gasteiger partial charge in [-0.15, -0.1) is 0 Å². The van der Waals surface area contributed by atoms with Crippen molar-refractivity contribution >= 4 is 17.6 Å². The van der Waals surface area contributed by atoms with Crippen molar-refractivity contribution in [3.63, 3.8) is 0 Å². The molecule has 0 N–H and O–H groups in total. The number of carbonyl (C=O) groups is 3. The molecule has 1 fully saturated rings. The first-order valence-corrected chi connectivity index (χ1v) is 10.3. The van der Waals surface area contributed by atoms with Crippen molar-refractivity contribution in [1.82, 2.24) is 19.6 Å². The van der Waals surface area contributed by atoms with E-state index < -0.39 is 11.7 Å². The summed E-state index contributed by atoms with van der Waals surface area (Å²) in [6.45, 7) is 4.86. The predicted molar refractivity (Wildman–Crippen MR) is 116 cm³/mol. The Morgan fingerprint density at radius 1 is 0.968 bits per heavy atom. The number of piperazine rings is 1. The highest BCUT2D eigenvalue weighted by Gasteiger charge is 2.33. The van der Waals surface area contributed by atoms with Crippen LogP contribution in [0.15, 0.2) is 67.0 Å². The average Bonchev–Trinajstić information content (AvgIpc) is 3.32. The van der Waals surface area contributed by atoms with Crippen molar-refractivity contribution in [3.8, 4) is 5.69 Å². The Morgan fingerprint density at radius 3 is 2.39 bits per heavy atom. The third kappa shape index (κ3) is 4.12. The van der Waals surface area contributed by atoms with Gasteiger partial charge in [0.1, 0.15) is 0 Å². The van der Waals surface area contributed by atoms with Gasteiger partial charge in [0.15, 0.2) is 0 Å². The van der Waals surface area contributed by atoms with E-state index in [1.54, 1.807) is 51.0 Å². The van der Waals surface area contributed by atoms with Crippen LogP contribution in [0.2, 0.25) is 0 Å². The third-order valence-electron chi connectivity index (χ3n) is 5.60. The van der Waals surface area contributed by atoms with Gasteiger partial charge in [0.2, 0.25) is 5.78 Å². The molecule has 0 spiro atoms. The zero-order chi connectivity index (χ0) is 22.0. The van der Waals surface area contributed by atoms with Gasteiger partial charge < -0.3 is 9.80 Å². The summed E-state index contributed by atoms with van der Waals surface area (Å²) in [6, 6.07) is 15.8. The zero-order valence-corrected chi connectivity index (χ0v) is 17.6. The number of hydrogen-bond acceptors (Lipinski definition) is 4. The third-order valence-corrected chi connectivity index (χ3v) is 5.60. The molecule has 3 aromatic rings. The van der Waals surface area contributed by atoms with E-state index in [2.05, 4.69) is 5.10 Å². The van der Waals surface area contributed by atoms with E-state index in [0.29, 0.717) is 30.8 Å². The Kier molecular flexibility index (Phi) is 5.66. The minimum absolute atomic E-state index is 0.0595. The molecule has 2 aromatic carbocycles. The molecule has 158 valence electrons. The van der Waals surface area contributed by atoms with Gasteiger partial charge in [-0.1, -0.05) is 18.2 Å². The summed E-state index contributed by atoms with van der Waals surface area (Å²) in [5.74, 6) is -1.13. The van der Waals surface area contributed by atoms with Crippen LogP contribution in [0.5, 0.6) is 0 Å². The van der Waals surface area contributed by atoms with Crippen LogP contribution in [0, 0.1) is 6.92 Å². The van der Waals surface area contributed by atoms with Gasteiger partial charge in [-0.2, -0.15) is 5.10 Å². The quantitative estimate of drug-likeness (QED) is 0.484. The lowest BCUT2D eigenvalue weighted by atomic mass is 10.0. The van der Waals surface area contributed by atoms with Crippen LogP contribution in [-0.4, -0.2) is 62.9 Å². The Morgan fingerprint density at radius 2 is 1.74 bits per heavy atom. The number of benzene rings is 2. The van der Waals surface area contributed by atoms with E-state index in [-0.39, 0.29) is 11.9 Å². The van der Waals surface area contributed by atoms with Crippen molar-refractivity contribution in [1.29, 1.82) is 0 Å². The number of amides is 2. The van der Waals surface area contributed by atoms with Crippen LogP contribution >= 0.6 is 0 Å². The summed E-state index contributed by atoms with van der Waals surface area (Å²) >= 11 is 0. The van der Waals surface area contributed by atoms with Crippen LogP contribution in [0.25, 0.3) is 5.69 Å². The van der Waals surface area contributed by atoms with Crippen molar-refractivity contribution < 1.29 is 14.4 Å². The fourth-order valence-corrected chi connectivity index (χ4v) is 3.93. The highest BCUT2D eigenvalue weighted by molar-refractivity contribution is 6.42. The number of aromatic nitrogens is 2. The highest BCUT2D eigenvalue weighted by atomic mass is 16.2. The standard InChI is InChI=1S/C24H24N4O3/c1-17-15-20(9-10-21(17)28-12-6-11-25-28)22(29)24(31)27-14-13-26(16-18(27)2)23(30)19-7-4-3-5-8-19/h3-12,15,18H,13-14,16H2,1-2H3. The maximum absolute atomic E-state index is 12.9. The predicted octanol–water partition coefficient (Wildman–Crippen LogP) is 2.74. The van der Waals surface area contributed by atoms with Gasteiger partial charge in [-0.3, -0.25) is 14.4 Å². The van der Waals surface area contributed by atoms with Gasteiger partial charge >= 0.3 is 0 Å². The molecule has 0 bridgehead atoms. The van der Waals surface area contributed by atoms with E-state index >= 15 is 0 Å². The van der Waals surface area contributed by atoms with Crippen LogP contribution in [-0.2, 0) is 4.79 Å². The van der Waals surface area contributed by atoms with E-state index in [1.807, 2.05) is 44.3 Å². The molecule has 2 amide bonds. The van der Waals surface area contributed by atoms with Crippen molar-refractivity contribution in [2.45, 2.75) is 19.9 Å². The molecule has 0 saturated carbocycles. The number of carbonyl (C=O) groups excluding carboxylic acids is 3. The molecule has 1 saturated heterocycles. The second-order valence-corrected chi connectivity index (χ2v) is 7.75. The first kappa shape index (κ1) is 20.5. The molecule has 7 heteroatoms. The summed E-state index contributed by atoms with van der Waals surface area (Å²) in [5, 5.41) is 4.21. The minimum Gasteiger partial charge on any atom is -0.335 e. The van der Waals surface area contributed by atoms with Crippen LogP contribution in [0.1, 0.15) is 33.2 Å². The Labute approximate surface area is 180 Å². The second-order valence-electron chi connectivity index (χ2n) is 7.75. The molecule has 4 rings (SSSR count). The van der Waals surface area contributed by atoms with Gasteiger partial charge in [-0.25, -0.2) is 4.68 Å². The molecule has 0 radical (unpaired) electrons. The van der Waals surface area contributed by atoms with Crippen molar-refractivity contribution in [2.75, 3.05) is 19.6 Å². The van der Waals surface area contributed by atoms with Crippen LogP contribution in [0.3, 0.4) is 0 Å². The molecule has 1 atom stereocenters. The number of ketones is 1. The molecule has 1 aliphatic rings. The number of Topliss-reactive ketones (excluding diaryl/α,β-unsaturated/α-hetero) is 1. The number of nitrogens with zero attached hydrogens (tertiary/aromatic N) is 4. The second kappa shape index (κ2) is 8.55. The summed E-state index contributed by atoms with van der Waals surface area (Å²) in [6.07, 6.45) is 3.51. The average molecular weight is 416 g/mol. The van der Waals surface area contributed by atoms with Gasteiger partial charge in [0.25, 0.3) is 11.8 Å². The molecular weight excluding hydrogens is 392 g/mol. The Balaban J connectivity index is 1.44. The maximum Gasteiger partial charge on any atom is 0.295 e. The summed E-state index contributed by atoms with van der Waals surface area (Å²) in [7, 11) is 0. The first-order chi connectivity index (χ1) is 15.0. The Bertz CT molecular complexity index is 1110. The smallest absolute Gasteiger partial charge is 0.295 e.